The summed E-state index contributed by atoms with van der Waals surface area (Å²) >= 11 is 0. The fraction of sp³-hybridized carbons (Fsp3) is 0.308. The number of ether oxygens (including phenoxy) is 1. The first kappa shape index (κ1) is 12.3. The monoisotopic (exact) mass is 247 g/mol. The lowest BCUT2D eigenvalue weighted by Gasteiger charge is -2.17. The van der Waals surface area contributed by atoms with Crippen LogP contribution in [-0.4, -0.2) is 24.9 Å². The number of carbonyl (C=O) groups excluding carboxylic acids is 3. The average Bonchev–Trinajstić information content (AvgIpc) is 2.62. The predicted molar refractivity (Wildman–Crippen MR) is 64.1 cm³/mol. The number of nitrogens with zero attached hydrogens (tertiary/aromatic N) is 1. The molecule has 2 rings (SSSR count). The molecule has 5 heteroatoms. The van der Waals surface area contributed by atoms with Crippen LogP contribution in [-0.2, 0) is 14.3 Å². The summed E-state index contributed by atoms with van der Waals surface area (Å²) in [5.74, 6) is -1.48. The summed E-state index contributed by atoms with van der Waals surface area (Å²) < 4.78 is 4.65. The molecule has 1 heterocycles. The van der Waals surface area contributed by atoms with Crippen molar-refractivity contribution < 1.29 is 19.1 Å². The molecule has 0 bridgehead atoms. The smallest absolute Gasteiger partial charge is 0.339 e. The summed E-state index contributed by atoms with van der Waals surface area (Å²) in [6.07, 6.45) is 0.175. The Morgan fingerprint density at radius 3 is 2.56 bits per heavy atom. The number of imide groups is 1. The van der Waals surface area contributed by atoms with E-state index >= 15 is 0 Å². The SMILES string of the molecule is COC(=O)c1ccccc1N1C(=O)C[C@H](C)C1=O. The number of amides is 2. The van der Waals surface area contributed by atoms with Crippen molar-refractivity contribution in [2.75, 3.05) is 12.0 Å². The molecule has 2 amide bonds. The Balaban J connectivity index is 2.48. The first-order valence-electron chi connectivity index (χ1n) is 5.60. The van der Waals surface area contributed by atoms with E-state index in [-0.39, 0.29) is 29.7 Å². The maximum atomic E-state index is 11.9. The molecule has 0 aliphatic carbocycles. The number of hydrogen-bond acceptors (Lipinski definition) is 4. The molecule has 1 fully saturated rings. The van der Waals surface area contributed by atoms with Crippen molar-refractivity contribution in [1.82, 2.24) is 0 Å². The van der Waals surface area contributed by atoms with Crippen molar-refractivity contribution in [1.29, 1.82) is 0 Å². The predicted octanol–water partition coefficient (Wildman–Crippen LogP) is 1.37. The first-order chi connectivity index (χ1) is 8.56. The summed E-state index contributed by atoms with van der Waals surface area (Å²) in [6, 6.07) is 6.43. The van der Waals surface area contributed by atoms with E-state index in [0.29, 0.717) is 5.69 Å². The summed E-state index contributed by atoms with van der Waals surface area (Å²) in [7, 11) is 1.26. The molecule has 0 unspecified atom stereocenters. The number of anilines is 1. The Bertz CT molecular complexity index is 523. The molecule has 0 N–H and O–H groups in total. The van der Waals surface area contributed by atoms with Crippen LogP contribution in [0.15, 0.2) is 24.3 Å². The number of benzene rings is 1. The highest BCUT2D eigenvalue weighted by Crippen LogP contribution is 2.29. The van der Waals surface area contributed by atoms with E-state index in [1.54, 1.807) is 25.1 Å². The number of esters is 1. The second-order valence-corrected chi connectivity index (χ2v) is 4.18. The maximum absolute atomic E-state index is 11.9. The van der Waals surface area contributed by atoms with Gasteiger partial charge in [0.15, 0.2) is 0 Å². The highest BCUT2D eigenvalue weighted by atomic mass is 16.5. The van der Waals surface area contributed by atoms with Gasteiger partial charge in [0.25, 0.3) is 0 Å². The van der Waals surface area contributed by atoms with E-state index in [1.165, 1.54) is 13.2 Å². The van der Waals surface area contributed by atoms with E-state index in [1.807, 2.05) is 0 Å². The Morgan fingerprint density at radius 1 is 1.33 bits per heavy atom. The lowest BCUT2D eigenvalue weighted by Crippen LogP contribution is -2.31. The third-order valence-corrected chi connectivity index (χ3v) is 2.92. The van der Waals surface area contributed by atoms with Crippen LogP contribution in [0, 0.1) is 5.92 Å². The standard InChI is InChI=1S/C13H13NO4/c1-8-7-11(15)14(12(8)16)10-6-4-3-5-9(10)13(17)18-2/h3-6,8H,7H2,1-2H3/t8-/m0/s1. The first-order valence-corrected chi connectivity index (χ1v) is 5.60. The van der Waals surface area contributed by atoms with Crippen LogP contribution in [0.4, 0.5) is 5.69 Å². The van der Waals surface area contributed by atoms with E-state index < -0.39 is 5.97 Å². The molecule has 1 saturated heterocycles. The molecule has 0 radical (unpaired) electrons. The molecule has 1 aliphatic heterocycles. The van der Waals surface area contributed by atoms with E-state index in [2.05, 4.69) is 4.74 Å². The molecule has 0 aromatic heterocycles. The number of hydrogen-bond donors (Lipinski definition) is 0. The zero-order chi connectivity index (χ0) is 13.3. The van der Waals surface area contributed by atoms with Crippen LogP contribution in [0.2, 0.25) is 0 Å². The third kappa shape index (κ3) is 1.88. The fourth-order valence-corrected chi connectivity index (χ4v) is 1.99. The van der Waals surface area contributed by atoms with Gasteiger partial charge in [-0.15, -0.1) is 0 Å². The molecular weight excluding hydrogens is 234 g/mol. The van der Waals surface area contributed by atoms with Gasteiger partial charge in [0.2, 0.25) is 11.8 Å². The van der Waals surface area contributed by atoms with Gasteiger partial charge in [-0.1, -0.05) is 19.1 Å². The van der Waals surface area contributed by atoms with Crippen LogP contribution < -0.4 is 4.90 Å². The lowest BCUT2D eigenvalue weighted by atomic mass is 10.1. The van der Waals surface area contributed by atoms with E-state index in [0.717, 1.165) is 4.90 Å². The van der Waals surface area contributed by atoms with Crippen molar-refractivity contribution in [3.63, 3.8) is 0 Å². The molecule has 0 saturated carbocycles. The number of methoxy groups -OCH3 is 1. The van der Waals surface area contributed by atoms with Gasteiger partial charge in [-0.3, -0.25) is 9.59 Å². The van der Waals surface area contributed by atoms with Crippen LogP contribution >= 0.6 is 0 Å². The van der Waals surface area contributed by atoms with Crippen molar-refractivity contribution >= 4 is 23.5 Å². The van der Waals surface area contributed by atoms with Crippen LogP contribution in [0.1, 0.15) is 23.7 Å². The quantitative estimate of drug-likeness (QED) is 0.585. The van der Waals surface area contributed by atoms with Gasteiger partial charge in [0.1, 0.15) is 0 Å². The van der Waals surface area contributed by atoms with Crippen molar-refractivity contribution in [2.24, 2.45) is 5.92 Å². The number of rotatable bonds is 2. The van der Waals surface area contributed by atoms with Crippen LogP contribution in [0.5, 0.6) is 0 Å². The van der Waals surface area contributed by atoms with E-state index in [4.69, 9.17) is 0 Å². The van der Waals surface area contributed by atoms with Gasteiger partial charge in [-0.25, -0.2) is 9.69 Å². The Labute approximate surface area is 104 Å². The molecule has 94 valence electrons. The van der Waals surface area contributed by atoms with Crippen molar-refractivity contribution in [2.45, 2.75) is 13.3 Å². The van der Waals surface area contributed by atoms with Gasteiger partial charge in [0.05, 0.1) is 18.4 Å². The third-order valence-electron chi connectivity index (χ3n) is 2.92. The van der Waals surface area contributed by atoms with Crippen molar-refractivity contribution in [3.8, 4) is 0 Å². The second kappa shape index (κ2) is 4.60. The fourth-order valence-electron chi connectivity index (χ4n) is 1.99. The van der Waals surface area contributed by atoms with Gasteiger partial charge in [-0.2, -0.15) is 0 Å². The molecule has 1 aliphatic rings. The minimum atomic E-state index is -0.564. The van der Waals surface area contributed by atoms with Crippen LogP contribution in [0.25, 0.3) is 0 Å². The summed E-state index contributed by atoms with van der Waals surface area (Å²) in [5.41, 5.74) is 0.513. The molecule has 1 atom stereocenters. The minimum Gasteiger partial charge on any atom is -0.465 e. The molecular formula is C13H13NO4. The Morgan fingerprint density at radius 2 is 2.00 bits per heavy atom. The molecule has 1 aromatic rings. The van der Waals surface area contributed by atoms with Crippen LogP contribution in [0.3, 0.4) is 0 Å². The highest BCUT2D eigenvalue weighted by molar-refractivity contribution is 6.22. The molecule has 5 nitrogen and oxygen atoms in total. The zero-order valence-corrected chi connectivity index (χ0v) is 10.2. The van der Waals surface area contributed by atoms with E-state index in [9.17, 15) is 14.4 Å². The summed E-state index contributed by atoms with van der Waals surface area (Å²) in [5, 5.41) is 0. The van der Waals surface area contributed by atoms with Gasteiger partial charge >= 0.3 is 5.97 Å². The number of para-hydroxylation sites is 1. The normalized spacial score (nSPS) is 19.2. The van der Waals surface area contributed by atoms with Crippen molar-refractivity contribution in [3.05, 3.63) is 29.8 Å². The lowest BCUT2D eigenvalue weighted by molar-refractivity contribution is -0.122. The zero-order valence-electron chi connectivity index (χ0n) is 10.2. The highest BCUT2D eigenvalue weighted by Gasteiger charge is 2.38. The topological polar surface area (TPSA) is 63.7 Å². The minimum absolute atomic E-state index is 0.175. The molecule has 0 spiro atoms. The van der Waals surface area contributed by atoms with Gasteiger partial charge in [0, 0.05) is 12.3 Å². The Kier molecular flexibility index (Phi) is 3.14. The second-order valence-electron chi connectivity index (χ2n) is 4.18. The largest absolute Gasteiger partial charge is 0.465 e. The van der Waals surface area contributed by atoms with Gasteiger partial charge in [-0.05, 0) is 12.1 Å². The molecule has 18 heavy (non-hydrogen) atoms. The van der Waals surface area contributed by atoms with Gasteiger partial charge < -0.3 is 4.74 Å². The summed E-state index contributed by atoms with van der Waals surface area (Å²) in [4.78, 5) is 36.4. The summed E-state index contributed by atoms with van der Waals surface area (Å²) in [6.45, 7) is 1.70. The Hall–Kier alpha value is -2.17. The number of carbonyl (C=O) groups is 3. The molecule has 1 aromatic carbocycles. The maximum Gasteiger partial charge on any atom is 0.339 e. The average molecular weight is 247 g/mol.